The predicted molar refractivity (Wildman–Crippen MR) is 208 cm³/mol. The molecule has 0 saturated carbocycles. The Balaban J connectivity index is 1.10. The van der Waals surface area contributed by atoms with Crippen LogP contribution in [0.5, 0.6) is 11.5 Å². The maximum absolute atomic E-state index is 6.82. The number of nitrogens with zero attached hydrogens (tertiary/aromatic N) is 2. The zero-order valence-corrected chi connectivity index (χ0v) is 30.3. The summed E-state index contributed by atoms with van der Waals surface area (Å²) >= 11 is 0. The van der Waals surface area contributed by atoms with Crippen LogP contribution in [0, 0.1) is 0 Å². The van der Waals surface area contributed by atoms with Crippen LogP contribution in [-0.2, 0) is 5.41 Å². The van der Waals surface area contributed by atoms with Gasteiger partial charge in [0.1, 0.15) is 35.1 Å². The third-order valence-corrected chi connectivity index (χ3v) is 10.9. The van der Waals surface area contributed by atoms with Gasteiger partial charge < -0.3 is 36.9 Å². The van der Waals surface area contributed by atoms with Crippen molar-refractivity contribution in [3.63, 3.8) is 0 Å². The minimum absolute atomic E-state index is 0.301. The van der Waals surface area contributed by atoms with Crippen molar-refractivity contribution >= 4 is 11.4 Å². The van der Waals surface area contributed by atoms with Gasteiger partial charge in [-0.2, -0.15) is 0 Å². The summed E-state index contributed by atoms with van der Waals surface area (Å²) in [5, 5.41) is 0. The number of hydrogen-bond donors (Lipinski definition) is 0. The maximum Gasteiger partial charge on any atom is 0.232 e. The highest BCUT2D eigenvalue weighted by atomic mass is 16.5. The molecule has 0 aliphatic carbocycles. The van der Waals surface area contributed by atoms with E-state index in [4.69, 9.17) is 27.1 Å². The molecule has 55 heavy (non-hydrogen) atoms. The second kappa shape index (κ2) is 13.2. The number of ether oxygens (including phenoxy) is 2. The van der Waals surface area contributed by atoms with E-state index < -0.39 is 17.9 Å². The lowest BCUT2D eigenvalue weighted by atomic mass is 9.76. The summed E-state index contributed by atoms with van der Waals surface area (Å²) in [7, 11) is 0. The van der Waals surface area contributed by atoms with Gasteiger partial charge in [0.05, 0.1) is 25.1 Å². The minimum Gasteiger partial charge on any atom is -0.467 e. The molecule has 6 heterocycles. The summed E-state index contributed by atoms with van der Waals surface area (Å²) in [6, 6.07) is 48.6. The first kappa shape index (κ1) is 32.8. The van der Waals surface area contributed by atoms with Crippen LogP contribution in [0.3, 0.4) is 0 Å². The average Bonchev–Trinajstić information content (AvgIpc) is 4.09. The highest BCUT2D eigenvalue weighted by Crippen LogP contribution is 2.52. The van der Waals surface area contributed by atoms with Gasteiger partial charge in [-0.1, -0.05) is 62.4 Å². The minimum atomic E-state index is -0.518. The van der Waals surface area contributed by atoms with E-state index in [-0.39, 0.29) is 12.1 Å². The van der Waals surface area contributed by atoms with Crippen molar-refractivity contribution < 1.29 is 27.1 Å². The molecule has 4 aromatic carbocycles. The van der Waals surface area contributed by atoms with Crippen LogP contribution in [0.25, 0.3) is 0 Å². The fraction of sp³-hybridized carbons (Fsp3) is 0.149. The van der Waals surface area contributed by atoms with Crippen molar-refractivity contribution in [2.24, 2.45) is 0 Å². The van der Waals surface area contributed by atoms with E-state index >= 15 is 0 Å². The van der Waals surface area contributed by atoms with E-state index in [0.29, 0.717) is 11.5 Å². The Morgan fingerprint density at radius 2 is 0.800 bits per heavy atom. The molecule has 4 aromatic heterocycles. The molecule has 2 aliphatic heterocycles. The third kappa shape index (κ3) is 5.60. The Morgan fingerprint density at radius 3 is 1.16 bits per heavy atom. The lowest BCUT2D eigenvalue weighted by molar-refractivity contribution is 0.140. The van der Waals surface area contributed by atoms with E-state index in [1.807, 2.05) is 84.9 Å². The normalized spacial score (nSPS) is 19.3. The number of anilines is 2. The monoisotopic (exact) mass is 726 g/mol. The van der Waals surface area contributed by atoms with Crippen LogP contribution in [0.1, 0.15) is 83.7 Å². The molecule has 0 fully saturated rings. The zero-order chi connectivity index (χ0) is 36.9. The van der Waals surface area contributed by atoms with Gasteiger partial charge in [-0.15, -0.1) is 0 Å². The van der Waals surface area contributed by atoms with Crippen molar-refractivity contribution in [2.75, 3.05) is 9.80 Å². The maximum atomic E-state index is 6.82. The first-order valence-corrected chi connectivity index (χ1v) is 18.5. The molecule has 0 spiro atoms. The summed E-state index contributed by atoms with van der Waals surface area (Å²) in [5.41, 5.74) is 5.75. The number of fused-ring (bicyclic) bond motifs is 2. The predicted octanol–water partition coefficient (Wildman–Crippen LogP) is 11.8. The molecule has 8 nitrogen and oxygen atoms in total. The Bertz CT molecular complexity index is 2320. The Labute approximate surface area is 318 Å². The zero-order valence-electron chi connectivity index (χ0n) is 30.3. The molecule has 8 heteroatoms. The highest BCUT2D eigenvalue weighted by Gasteiger charge is 2.43. The van der Waals surface area contributed by atoms with Gasteiger partial charge in [-0.25, -0.2) is 0 Å². The molecule has 4 atom stereocenters. The lowest BCUT2D eigenvalue weighted by Crippen LogP contribution is -2.40. The number of hydrogen-bond acceptors (Lipinski definition) is 8. The molecular formula is C47H38N2O6. The second-order valence-electron chi connectivity index (χ2n) is 14.4. The SMILES string of the molecule is CC(C)(c1ccc2c(c1)C(c1ccco1)N(c1ccccc1)C(c1ccco1)O2)c1ccc2c(c1)C(c1ccco1)N(c1ccccc1)C(c1ccco1)O2. The molecule has 2 aliphatic rings. The fourth-order valence-electron chi connectivity index (χ4n) is 8.11. The Morgan fingerprint density at radius 1 is 0.418 bits per heavy atom. The average molecular weight is 727 g/mol. The van der Waals surface area contributed by atoms with Crippen LogP contribution < -0.4 is 19.3 Å². The van der Waals surface area contributed by atoms with E-state index in [1.165, 1.54) is 0 Å². The Kier molecular flexibility index (Phi) is 7.91. The molecule has 0 amide bonds. The molecule has 10 rings (SSSR count). The van der Waals surface area contributed by atoms with Crippen LogP contribution >= 0.6 is 0 Å². The van der Waals surface area contributed by atoms with Gasteiger partial charge in [0.2, 0.25) is 12.5 Å². The standard InChI is InChI=1S/C47H38N2O6/c1-47(2,31-21-23-37-35(29-31)43(39-17-9-25-50-39)48(33-13-5-3-6-14-33)45(54-37)41-19-11-27-52-41)32-22-24-38-36(30-32)44(40-18-10-26-51-40)49(34-15-7-4-8-16-34)46(55-38)42-20-12-28-53-42/h3-30,43-46H,1-2H3. The molecule has 0 bridgehead atoms. The first-order chi connectivity index (χ1) is 27.0. The summed E-state index contributed by atoms with van der Waals surface area (Å²) in [6.07, 6.45) is 5.78. The quantitative estimate of drug-likeness (QED) is 0.153. The van der Waals surface area contributed by atoms with E-state index in [1.54, 1.807) is 25.1 Å². The Hall–Kier alpha value is -6.80. The molecule has 272 valence electrons. The lowest BCUT2D eigenvalue weighted by Gasteiger charge is -2.44. The smallest absolute Gasteiger partial charge is 0.232 e. The number of benzene rings is 4. The first-order valence-electron chi connectivity index (χ1n) is 18.5. The van der Waals surface area contributed by atoms with Gasteiger partial charge >= 0.3 is 0 Å². The largest absolute Gasteiger partial charge is 0.467 e. The number of para-hydroxylation sites is 2. The molecule has 0 radical (unpaired) electrons. The van der Waals surface area contributed by atoms with Gasteiger partial charge in [0.25, 0.3) is 0 Å². The van der Waals surface area contributed by atoms with Crippen molar-refractivity contribution in [3.05, 3.63) is 216 Å². The van der Waals surface area contributed by atoms with Crippen molar-refractivity contribution in [1.82, 2.24) is 0 Å². The van der Waals surface area contributed by atoms with Crippen molar-refractivity contribution in [1.29, 1.82) is 0 Å². The number of furan rings is 4. The summed E-state index contributed by atoms with van der Waals surface area (Å²) in [5.74, 6) is 4.56. The fourth-order valence-corrected chi connectivity index (χ4v) is 8.11. The van der Waals surface area contributed by atoms with Crippen LogP contribution in [0.4, 0.5) is 11.4 Å². The van der Waals surface area contributed by atoms with Gasteiger partial charge in [-0.05, 0) is 108 Å². The van der Waals surface area contributed by atoms with Gasteiger partial charge in [-0.3, -0.25) is 0 Å². The summed E-state index contributed by atoms with van der Waals surface area (Å²) in [6.45, 7) is 4.52. The summed E-state index contributed by atoms with van der Waals surface area (Å²) in [4.78, 5) is 4.46. The molecule has 4 unspecified atom stereocenters. The molecular weight excluding hydrogens is 689 g/mol. The van der Waals surface area contributed by atoms with E-state index in [2.05, 4.69) is 84.3 Å². The van der Waals surface area contributed by atoms with Crippen LogP contribution in [-0.4, -0.2) is 0 Å². The van der Waals surface area contributed by atoms with Crippen LogP contribution in [0.2, 0.25) is 0 Å². The highest BCUT2D eigenvalue weighted by molar-refractivity contribution is 5.61. The molecule has 8 aromatic rings. The summed E-state index contributed by atoms with van der Waals surface area (Å²) < 4.78 is 37.9. The van der Waals surface area contributed by atoms with Crippen molar-refractivity contribution in [3.8, 4) is 11.5 Å². The van der Waals surface area contributed by atoms with Gasteiger partial charge in [0, 0.05) is 27.9 Å². The van der Waals surface area contributed by atoms with Crippen molar-refractivity contribution in [2.45, 2.75) is 43.8 Å². The number of rotatable bonds is 8. The second-order valence-corrected chi connectivity index (χ2v) is 14.4. The molecule has 0 saturated heterocycles. The molecule has 0 N–H and O–H groups in total. The van der Waals surface area contributed by atoms with E-state index in [9.17, 15) is 0 Å². The van der Waals surface area contributed by atoms with Crippen LogP contribution in [0.15, 0.2) is 188 Å². The van der Waals surface area contributed by atoms with Gasteiger partial charge in [0.15, 0.2) is 11.5 Å². The topological polar surface area (TPSA) is 77.5 Å². The van der Waals surface area contributed by atoms with E-state index in [0.717, 1.165) is 56.6 Å². The third-order valence-electron chi connectivity index (χ3n) is 10.9.